The van der Waals surface area contributed by atoms with E-state index in [4.69, 9.17) is 9.47 Å². The lowest BCUT2D eigenvalue weighted by Crippen LogP contribution is -2.30. The molecule has 2 atom stereocenters. The Kier molecular flexibility index (Phi) is 3.73. The Balaban J connectivity index is 1.84. The lowest BCUT2D eigenvalue weighted by molar-refractivity contribution is -0.131. The second kappa shape index (κ2) is 5.69. The Morgan fingerprint density at radius 1 is 1.23 bits per heavy atom. The molecule has 2 aromatic carbocycles. The first-order valence-corrected chi connectivity index (χ1v) is 6.98. The first-order valence-electron chi connectivity index (χ1n) is 6.98. The van der Waals surface area contributed by atoms with E-state index in [9.17, 15) is 15.0 Å². The molecule has 0 radical (unpaired) electrons. The van der Waals surface area contributed by atoms with Gasteiger partial charge in [0.2, 0.25) is 0 Å². The molecular formula is C17H16O5. The van der Waals surface area contributed by atoms with E-state index < -0.39 is 12.2 Å². The highest BCUT2D eigenvalue weighted by Gasteiger charge is 2.30. The predicted molar refractivity (Wildman–Crippen MR) is 78.9 cm³/mol. The van der Waals surface area contributed by atoms with Crippen LogP contribution in [0.25, 0.3) is 0 Å². The minimum atomic E-state index is -0.684. The summed E-state index contributed by atoms with van der Waals surface area (Å²) in [7, 11) is 0. The molecule has 22 heavy (non-hydrogen) atoms. The van der Waals surface area contributed by atoms with Crippen LogP contribution in [0.1, 0.15) is 24.2 Å². The molecule has 0 spiro atoms. The third kappa shape index (κ3) is 2.89. The third-order valence-electron chi connectivity index (χ3n) is 3.55. The zero-order chi connectivity index (χ0) is 15.7. The summed E-state index contributed by atoms with van der Waals surface area (Å²) >= 11 is 0. The molecule has 2 N–H and O–H groups in total. The number of phenolic OH excluding ortho intramolecular Hbond substituents is 1. The SMILES string of the molecule is CC(=O)Oc1ccc(C2Oc3cc(O)ccc3CC2O)cc1. The number of rotatable bonds is 2. The topological polar surface area (TPSA) is 76.0 Å². The second-order valence-corrected chi connectivity index (χ2v) is 5.26. The molecule has 3 rings (SSSR count). The molecule has 2 unspecified atom stereocenters. The summed E-state index contributed by atoms with van der Waals surface area (Å²) in [6.07, 6.45) is -0.760. The van der Waals surface area contributed by atoms with Gasteiger partial charge in [-0.2, -0.15) is 0 Å². The van der Waals surface area contributed by atoms with Crippen LogP contribution in [0.4, 0.5) is 0 Å². The summed E-state index contributed by atoms with van der Waals surface area (Å²) in [6.45, 7) is 1.34. The Hall–Kier alpha value is -2.53. The quantitative estimate of drug-likeness (QED) is 0.657. The van der Waals surface area contributed by atoms with Gasteiger partial charge in [0.15, 0.2) is 0 Å². The van der Waals surface area contributed by atoms with Crippen LogP contribution in [0.2, 0.25) is 0 Å². The first-order chi connectivity index (χ1) is 10.5. The molecule has 1 aliphatic heterocycles. The van der Waals surface area contributed by atoms with E-state index in [2.05, 4.69) is 0 Å². The average Bonchev–Trinajstić information content (AvgIpc) is 2.47. The van der Waals surface area contributed by atoms with Crippen LogP contribution in [-0.2, 0) is 11.2 Å². The molecule has 5 nitrogen and oxygen atoms in total. The molecule has 0 aliphatic carbocycles. The molecule has 0 fully saturated rings. The van der Waals surface area contributed by atoms with Crippen LogP contribution in [0.5, 0.6) is 17.2 Å². The van der Waals surface area contributed by atoms with Crippen molar-refractivity contribution in [3.63, 3.8) is 0 Å². The highest BCUT2D eigenvalue weighted by Crippen LogP contribution is 2.37. The summed E-state index contributed by atoms with van der Waals surface area (Å²) < 4.78 is 10.8. The van der Waals surface area contributed by atoms with Crippen molar-refractivity contribution < 1.29 is 24.5 Å². The molecule has 1 aliphatic rings. The Bertz CT molecular complexity index is 693. The minimum Gasteiger partial charge on any atom is -0.508 e. The predicted octanol–water partition coefficient (Wildman–Crippen LogP) is 2.35. The third-order valence-corrected chi connectivity index (χ3v) is 3.55. The molecule has 1 heterocycles. The highest BCUT2D eigenvalue weighted by molar-refractivity contribution is 5.69. The molecule has 5 heteroatoms. The van der Waals surface area contributed by atoms with Crippen LogP contribution in [-0.4, -0.2) is 22.3 Å². The molecule has 0 bridgehead atoms. The number of carbonyl (C=O) groups excluding carboxylic acids is 1. The van der Waals surface area contributed by atoms with Crippen molar-refractivity contribution in [3.05, 3.63) is 53.6 Å². The lowest BCUT2D eigenvalue weighted by atomic mass is 9.94. The number of hydrogen-bond acceptors (Lipinski definition) is 5. The number of benzene rings is 2. The summed E-state index contributed by atoms with van der Waals surface area (Å²) in [6, 6.07) is 11.7. The maximum atomic E-state index is 10.9. The van der Waals surface area contributed by atoms with Gasteiger partial charge in [0, 0.05) is 19.4 Å². The number of aliphatic hydroxyl groups is 1. The van der Waals surface area contributed by atoms with E-state index in [1.54, 1.807) is 42.5 Å². The largest absolute Gasteiger partial charge is 0.508 e. The first kappa shape index (κ1) is 14.4. The van der Waals surface area contributed by atoms with E-state index in [1.165, 1.54) is 6.92 Å². The summed E-state index contributed by atoms with van der Waals surface area (Å²) in [5.74, 6) is 0.754. The van der Waals surface area contributed by atoms with Gasteiger partial charge in [-0.05, 0) is 29.3 Å². The number of fused-ring (bicyclic) bond motifs is 1. The van der Waals surface area contributed by atoms with Crippen molar-refractivity contribution in [2.24, 2.45) is 0 Å². The Morgan fingerprint density at radius 3 is 2.64 bits per heavy atom. The molecule has 0 aromatic heterocycles. The monoisotopic (exact) mass is 300 g/mol. The number of carbonyl (C=O) groups is 1. The minimum absolute atomic E-state index is 0.124. The molecule has 0 saturated carbocycles. The van der Waals surface area contributed by atoms with Crippen LogP contribution in [0.15, 0.2) is 42.5 Å². The highest BCUT2D eigenvalue weighted by atomic mass is 16.5. The van der Waals surface area contributed by atoms with Gasteiger partial charge in [0.1, 0.15) is 23.4 Å². The summed E-state index contributed by atoms with van der Waals surface area (Å²) in [4.78, 5) is 10.9. The average molecular weight is 300 g/mol. The number of esters is 1. The number of ether oxygens (including phenoxy) is 2. The van der Waals surface area contributed by atoms with Gasteiger partial charge in [-0.15, -0.1) is 0 Å². The van der Waals surface area contributed by atoms with Gasteiger partial charge in [0.25, 0.3) is 0 Å². The summed E-state index contributed by atoms with van der Waals surface area (Å²) in [5.41, 5.74) is 1.63. The van der Waals surface area contributed by atoms with Gasteiger partial charge in [-0.25, -0.2) is 0 Å². The van der Waals surface area contributed by atoms with E-state index in [-0.39, 0.29) is 11.7 Å². The van der Waals surface area contributed by atoms with Gasteiger partial charge in [0.05, 0.1) is 6.10 Å². The van der Waals surface area contributed by atoms with Crippen molar-refractivity contribution in [1.29, 1.82) is 0 Å². The zero-order valence-corrected chi connectivity index (χ0v) is 12.0. The number of hydrogen-bond donors (Lipinski definition) is 2. The maximum absolute atomic E-state index is 10.9. The molecule has 0 saturated heterocycles. The van der Waals surface area contributed by atoms with Crippen LogP contribution in [0, 0.1) is 0 Å². The Labute approximate surface area is 127 Å². The van der Waals surface area contributed by atoms with E-state index in [0.29, 0.717) is 17.9 Å². The van der Waals surface area contributed by atoms with E-state index in [1.807, 2.05) is 0 Å². The fourth-order valence-corrected chi connectivity index (χ4v) is 2.55. The maximum Gasteiger partial charge on any atom is 0.308 e. The standard InChI is InChI=1S/C17H16O5/c1-10(18)21-14-6-3-11(4-7-14)17-15(20)8-12-2-5-13(19)9-16(12)22-17/h2-7,9,15,17,19-20H,8H2,1H3. The van der Waals surface area contributed by atoms with E-state index in [0.717, 1.165) is 11.1 Å². The van der Waals surface area contributed by atoms with Gasteiger partial charge in [-0.1, -0.05) is 18.2 Å². The molecular weight excluding hydrogens is 284 g/mol. The van der Waals surface area contributed by atoms with Crippen molar-refractivity contribution in [3.8, 4) is 17.2 Å². The van der Waals surface area contributed by atoms with Crippen molar-refractivity contribution in [1.82, 2.24) is 0 Å². The van der Waals surface area contributed by atoms with Gasteiger partial charge >= 0.3 is 5.97 Å². The fraction of sp³-hybridized carbons (Fsp3) is 0.235. The number of aliphatic hydroxyl groups excluding tert-OH is 1. The van der Waals surface area contributed by atoms with Crippen LogP contribution >= 0.6 is 0 Å². The molecule has 0 amide bonds. The molecule has 2 aromatic rings. The number of phenols is 1. The van der Waals surface area contributed by atoms with Crippen molar-refractivity contribution in [2.45, 2.75) is 25.6 Å². The van der Waals surface area contributed by atoms with Gasteiger partial charge < -0.3 is 19.7 Å². The van der Waals surface area contributed by atoms with Crippen molar-refractivity contribution in [2.75, 3.05) is 0 Å². The normalized spacial score (nSPS) is 19.9. The van der Waals surface area contributed by atoms with Crippen LogP contribution in [0.3, 0.4) is 0 Å². The Morgan fingerprint density at radius 2 is 1.95 bits per heavy atom. The van der Waals surface area contributed by atoms with Crippen LogP contribution < -0.4 is 9.47 Å². The second-order valence-electron chi connectivity index (χ2n) is 5.26. The van der Waals surface area contributed by atoms with E-state index >= 15 is 0 Å². The summed E-state index contributed by atoms with van der Waals surface area (Å²) in [5, 5.41) is 19.8. The number of aromatic hydroxyl groups is 1. The van der Waals surface area contributed by atoms with Crippen molar-refractivity contribution >= 4 is 5.97 Å². The lowest BCUT2D eigenvalue weighted by Gasteiger charge is -2.31. The zero-order valence-electron chi connectivity index (χ0n) is 12.0. The smallest absolute Gasteiger partial charge is 0.308 e. The fourth-order valence-electron chi connectivity index (χ4n) is 2.55. The molecule has 114 valence electrons. The van der Waals surface area contributed by atoms with Gasteiger partial charge in [-0.3, -0.25) is 4.79 Å².